The molecule has 0 amide bonds. The molecule has 0 aliphatic carbocycles. The monoisotopic (exact) mass is 249 g/mol. The molecule has 1 N–H and O–H groups in total. The van der Waals surface area contributed by atoms with Crippen molar-refractivity contribution in [2.45, 2.75) is 26.7 Å². The molecule has 0 spiro atoms. The van der Waals surface area contributed by atoms with Crippen molar-refractivity contribution in [3.05, 3.63) is 35.6 Å². The molecule has 0 atom stereocenters. The third kappa shape index (κ3) is 5.66. The van der Waals surface area contributed by atoms with Crippen molar-refractivity contribution in [1.29, 1.82) is 5.26 Å². The molecule has 0 aromatic heterocycles. The zero-order valence-electron chi connectivity index (χ0n) is 10.4. The zero-order valence-corrected chi connectivity index (χ0v) is 10.4. The van der Waals surface area contributed by atoms with E-state index in [9.17, 15) is 9.59 Å². The molecule has 0 aliphatic rings. The zero-order chi connectivity index (χ0) is 14.1. The maximum absolute atomic E-state index is 11.1. The van der Waals surface area contributed by atoms with Crippen LogP contribution in [0.4, 0.5) is 0 Å². The van der Waals surface area contributed by atoms with E-state index >= 15 is 0 Å². The molecule has 0 fully saturated rings. The van der Waals surface area contributed by atoms with Gasteiger partial charge in [0, 0.05) is 18.1 Å². The number of carboxylic acids is 1. The van der Waals surface area contributed by atoms with Crippen LogP contribution in [0.25, 0.3) is 0 Å². The van der Waals surface area contributed by atoms with E-state index in [4.69, 9.17) is 15.1 Å². The molecule has 0 saturated heterocycles. The second-order valence-corrected chi connectivity index (χ2v) is 3.52. The number of hydrogen-bond donors (Lipinski definition) is 1. The van der Waals surface area contributed by atoms with Gasteiger partial charge < -0.3 is 9.84 Å². The van der Waals surface area contributed by atoms with Crippen LogP contribution >= 0.6 is 0 Å². The number of carboxylic acid groups (broad SMARTS) is 1. The molecule has 0 heterocycles. The smallest absolute Gasteiger partial charge is 0.335 e. The van der Waals surface area contributed by atoms with Crippen molar-refractivity contribution in [3.63, 3.8) is 0 Å². The highest BCUT2D eigenvalue weighted by Crippen LogP contribution is 2.14. The van der Waals surface area contributed by atoms with E-state index < -0.39 is 11.9 Å². The van der Waals surface area contributed by atoms with Crippen LogP contribution in [0.3, 0.4) is 0 Å². The Labute approximate surface area is 106 Å². The molecule has 5 nitrogen and oxygen atoms in total. The fourth-order valence-electron chi connectivity index (χ4n) is 1.05. The van der Waals surface area contributed by atoms with E-state index in [2.05, 4.69) is 6.58 Å². The summed E-state index contributed by atoms with van der Waals surface area (Å²) in [6.45, 7) is 6.26. The highest BCUT2D eigenvalue weighted by molar-refractivity contribution is 5.85. The normalized spacial score (nSPS) is 12.2. The third-order valence-corrected chi connectivity index (χ3v) is 2.14. The van der Waals surface area contributed by atoms with Crippen molar-refractivity contribution in [2.24, 2.45) is 0 Å². The summed E-state index contributed by atoms with van der Waals surface area (Å²) in [4.78, 5) is 21.6. The number of carbonyl (C=O) groups is 2. The Morgan fingerprint density at radius 3 is 2.50 bits per heavy atom. The second-order valence-electron chi connectivity index (χ2n) is 3.52. The number of carbonyl (C=O) groups excluding carboxylic acids is 1. The van der Waals surface area contributed by atoms with Crippen LogP contribution < -0.4 is 0 Å². The van der Waals surface area contributed by atoms with Gasteiger partial charge in [-0.15, -0.1) is 0 Å². The van der Waals surface area contributed by atoms with Gasteiger partial charge in [0.05, 0.1) is 11.6 Å². The van der Waals surface area contributed by atoms with Crippen molar-refractivity contribution in [1.82, 2.24) is 0 Å². The van der Waals surface area contributed by atoms with E-state index in [0.717, 1.165) is 6.08 Å². The molecule has 0 aliphatic heterocycles. The van der Waals surface area contributed by atoms with E-state index in [1.54, 1.807) is 0 Å². The molecule has 0 unspecified atom stereocenters. The quantitative estimate of drug-likeness (QED) is 0.338. The SMILES string of the molecule is C=CC(=O)OC(CCC=C(C)C(=O)O)=C(C)C#N. The maximum atomic E-state index is 11.1. The number of rotatable bonds is 6. The summed E-state index contributed by atoms with van der Waals surface area (Å²) in [5, 5.41) is 17.4. The number of ether oxygens (including phenoxy) is 1. The molecule has 0 bridgehead atoms. The molecule has 0 aromatic rings. The summed E-state index contributed by atoms with van der Waals surface area (Å²) in [7, 11) is 0. The lowest BCUT2D eigenvalue weighted by atomic mass is 10.1. The van der Waals surface area contributed by atoms with Crippen LogP contribution in [0.15, 0.2) is 35.6 Å². The lowest BCUT2D eigenvalue weighted by Crippen LogP contribution is -2.02. The Morgan fingerprint density at radius 1 is 1.44 bits per heavy atom. The molecule has 0 radical (unpaired) electrons. The van der Waals surface area contributed by atoms with Crippen LogP contribution in [-0.4, -0.2) is 17.0 Å². The fraction of sp³-hybridized carbons (Fsp3) is 0.308. The summed E-state index contributed by atoms with van der Waals surface area (Å²) >= 11 is 0. The van der Waals surface area contributed by atoms with Crippen molar-refractivity contribution < 1.29 is 19.4 Å². The van der Waals surface area contributed by atoms with Gasteiger partial charge in [-0.2, -0.15) is 5.26 Å². The summed E-state index contributed by atoms with van der Waals surface area (Å²) in [5.74, 6) is -1.41. The predicted octanol–water partition coefficient (Wildman–Crippen LogP) is 2.32. The van der Waals surface area contributed by atoms with Gasteiger partial charge in [0.1, 0.15) is 5.76 Å². The standard InChI is InChI=1S/C13H15NO4/c1-4-12(15)18-11(10(3)8-14)7-5-6-9(2)13(16)17/h4,6H,1,5,7H2,2-3H3,(H,16,17). The molecular formula is C13H15NO4. The minimum atomic E-state index is -0.999. The Balaban J connectivity index is 4.71. The molecule has 5 heteroatoms. The Morgan fingerprint density at radius 2 is 2.06 bits per heavy atom. The van der Waals surface area contributed by atoms with Crippen molar-refractivity contribution in [3.8, 4) is 6.07 Å². The highest BCUT2D eigenvalue weighted by Gasteiger charge is 2.08. The van der Waals surface area contributed by atoms with Gasteiger partial charge in [0.2, 0.25) is 0 Å². The van der Waals surface area contributed by atoms with E-state index in [0.29, 0.717) is 6.42 Å². The summed E-state index contributed by atoms with van der Waals surface area (Å²) in [6, 6.07) is 1.89. The number of aliphatic carboxylic acids is 1. The van der Waals surface area contributed by atoms with Gasteiger partial charge >= 0.3 is 11.9 Å². The third-order valence-electron chi connectivity index (χ3n) is 2.14. The Hall–Kier alpha value is -2.35. The molecule has 96 valence electrons. The molecule has 18 heavy (non-hydrogen) atoms. The van der Waals surface area contributed by atoms with Crippen LogP contribution in [0.5, 0.6) is 0 Å². The van der Waals surface area contributed by atoms with E-state index in [-0.39, 0.29) is 23.3 Å². The number of nitriles is 1. The largest absolute Gasteiger partial charge is 0.478 e. The highest BCUT2D eigenvalue weighted by atomic mass is 16.5. The molecular weight excluding hydrogens is 234 g/mol. The first-order valence-electron chi connectivity index (χ1n) is 5.26. The Bertz CT molecular complexity index is 452. The predicted molar refractivity (Wildman–Crippen MR) is 65.2 cm³/mol. The maximum Gasteiger partial charge on any atom is 0.335 e. The second kappa shape index (κ2) is 7.85. The number of nitrogens with zero attached hydrogens (tertiary/aromatic N) is 1. The number of esters is 1. The Kier molecular flexibility index (Phi) is 6.82. The summed E-state index contributed by atoms with van der Waals surface area (Å²) in [6.07, 6.45) is 3.16. The number of hydrogen-bond acceptors (Lipinski definition) is 4. The first-order chi connectivity index (χ1) is 8.42. The van der Waals surface area contributed by atoms with Gasteiger partial charge in [-0.05, 0) is 20.3 Å². The van der Waals surface area contributed by atoms with Gasteiger partial charge in [-0.3, -0.25) is 0 Å². The van der Waals surface area contributed by atoms with E-state index in [1.165, 1.54) is 19.9 Å². The lowest BCUT2D eigenvalue weighted by Gasteiger charge is -2.06. The van der Waals surface area contributed by atoms with E-state index in [1.807, 2.05) is 6.07 Å². The first kappa shape index (κ1) is 15.7. The average Bonchev–Trinajstić information content (AvgIpc) is 2.35. The van der Waals surface area contributed by atoms with Gasteiger partial charge in [-0.25, -0.2) is 9.59 Å². The molecule has 0 rings (SSSR count). The summed E-state index contributed by atoms with van der Waals surface area (Å²) < 4.78 is 4.92. The lowest BCUT2D eigenvalue weighted by molar-refractivity contribution is -0.134. The minimum Gasteiger partial charge on any atom is -0.478 e. The van der Waals surface area contributed by atoms with Crippen LogP contribution in [0.2, 0.25) is 0 Å². The first-order valence-corrected chi connectivity index (χ1v) is 5.26. The fourth-order valence-corrected chi connectivity index (χ4v) is 1.05. The number of allylic oxidation sites excluding steroid dienone is 3. The van der Waals surface area contributed by atoms with Crippen LogP contribution in [0.1, 0.15) is 26.7 Å². The summed E-state index contributed by atoms with van der Waals surface area (Å²) in [5.41, 5.74) is 0.491. The molecule has 0 aromatic carbocycles. The minimum absolute atomic E-state index is 0.207. The molecule has 0 saturated carbocycles. The van der Waals surface area contributed by atoms with Gasteiger partial charge in [0.25, 0.3) is 0 Å². The van der Waals surface area contributed by atoms with Crippen molar-refractivity contribution in [2.75, 3.05) is 0 Å². The van der Waals surface area contributed by atoms with Crippen LogP contribution in [-0.2, 0) is 14.3 Å². The topological polar surface area (TPSA) is 87.4 Å². The average molecular weight is 249 g/mol. The van der Waals surface area contributed by atoms with Gasteiger partial charge in [-0.1, -0.05) is 12.7 Å². The van der Waals surface area contributed by atoms with Crippen LogP contribution in [0, 0.1) is 11.3 Å². The van der Waals surface area contributed by atoms with Crippen molar-refractivity contribution >= 4 is 11.9 Å². The van der Waals surface area contributed by atoms with Gasteiger partial charge in [0.15, 0.2) is 0 Å².